The highest BCUT2D eigenvalue weighted by Crippen LogP contribution is 2.34. The van der Waals surface area contributed by atoms with Gasteiger partial charge in [-0.15, -0.1) is 10.2 Å². The van der Waals surface area contributed by atoms with Gasteiger partial charge in [0.05, 0.1) is 5.92 Å². The highest BCUT2D eigenvalue weighted by atomic mass is 16.2. The van der Waals surface area contributed by atoms with Crippen molar-refractivity contribution in [1.82, 2.24) is 24.6 Å². The lowest BCUT2D eigenvalue weighted by atomic mass is 9.94. The molecule has 2 saturated heterocycles. The van der Waals surface area contributed by atoms with E-state index in [-0.39, 0.29) is 17.7 Å². The molecule has 1 aromatic heterocycles. The Balaban J connectivity index is 1.20. The average molecular weight is 343 g/mol. The van der Waals surface area contributed by atoms with Crippen LogP contribution in [0.4, 0.5) is 0 Å². The topological polar surface area (TPSA) is 71.3 Å². The Morgan fingerprint density at radius 2 is 1.84 bits per heavy atom. The molecule has 7 nitrogen and oxygen atoms in total. The van der Waals surface area contributed by atoms with Gasteiger partial charge in [0.15, 0.2) is 0 Å². The van der Waals surface area contributed by atoms with Crippen LogP contribution in [0.2, 0.25) is 0 Å². The molecule has 3 aliphatic heterocycles. The lowest BCUT2D eigenvalue weighted by Gasteiger charge is -2.33. The highest BCUT2D eigenvalue weighted by Gasteiger charge is 2.43. The summed E-state index contributed by atoms with van der Waals surface area (Å²) in [6, 6.07) is 0.422. The van der Waals surface area contributed by atoms with Gasteiger partial charge in [0.25, 0.3) is 0 Å². The molecule has 134 valence electrons. The second kappa shape index (κ2) is 5.81. The van der Waals surface area contributed by atoms with E-state index in [1.165, 1.54) is 6.42 Å². The summed E-state index contributed by atoms with van der Waals surface area (Å²) >= 11 is 0. The number of piperidine rings is 1. The minimum Gasteiger partial charge on any atom is -0.342 e. The molecule has 1 atom stereocenters. The standard InChI is InChI=1S/C18H25N5O2/c24-16-10-13(11-23(16)14-3-4-14)18(25)21-8-5-12(6-9-21)17-20-19-15-2-1-7-22(15)17/h12-14H,1-11H2/t13-/m0/s1. The molecule has 1 aromatic rings. The van der Waals surface area contributed by atoms with Crippen molar-refractivity contribution in [2.24, 2.45) is 5.92 Å². The number of likely N-dealkylation sites (tertiary alicyclic amines) is 2. The largest absolute Gasteiger partial charge is 0.342 e. The highest BCUT2D eigenvalue weighted by molar-refractivity contribution is 5.89. The summed E-state index contributed by atoms with van der Waals surface area (Å²) in [7, 11) is 0. The van der Waals surface area contributed by atoms with Gasteiger partial charge in [-0.25, -0.2) is 0 Å². The van der Waals surface area contributed by atoms with Crippen molar-refractivity contribution in [3.63, 3.8) is 0 Å². The maximum atomic E-state index is 12.8. The lowest BCUT2D eigenvalue weighted by molar-refractivity contribution is -0.136. The molecular weight excluding hydrogens is 318 g/mol. The van der Waals surface area contributed by atoms with E-state index in [0.717, 1.165) is 63.4 Å². The first-order valence-electron chi connectivity index (χ1n) is 9.71. The van der Waals surface area contributed by atoms with Gasteiger partial charge < -0.3 is 14.4 Å². The first-order chi connectivity index (χ1) is 12.2. The molecule has 0 radical (unpaired) electrons. The molecule has 0 N–H and O–H groups in total. The van der Waals surface area contributed by atoms with E-state index in [2.05, 4.69) is 14.8 Å². The summed E-state index contributed by atoms with van der Waals surface area (Å²) in [5.74, 6) is 2.89. The second-order valence-corrected chi connectivity index (χ2v) is 8.01. The number of carbonyl (C=O) groups is 2. The Bertz CT molecular complexity index is 702. The summed E-state index contributed by atoms with van der Waals surface area (Å²) in [6.45, 7) is 3.23. The van der Waals surface area contributed by atoms with Gasteiger partial charge in [-0.1, -0.05) is 0 Å². The zero-order valence-corrected chi connectivity index (χ0v) is 14.6. The van der Waals surface area contributed by atoms with Crippen LogP contribution >= 0.6 is 0 Å². The van der Waals surface area contributed by atoms with Gasteiger partial charge in [-0.05, 0) is 32.1 Å². The molecule has 0 spiro atoms. The van der Waals surface area contributed by atoms with Gasteiger partial charge in [-0.3, -0.25) is 9.59 Å². The number of rotatable bonds is 3. The molecule has 4 aliphatic rings. The van der Waals surface area contributed by atoms with Crippen molar-refractivity contribution >= 4 is 11.8 Å². The van der Waals surface area contributed by atoms with Crippen LogP contribution in [0.3, 0.4) is 0 Å². The predicted octanol–water partition coefficient (Wildman–Crippen LogP) is 0.941. The Morgan fingerprint density at radius 1 is 1.04 bits per heavy atom. The fourth-order valence-electron chi connectivity index (χ4n) is 4.73. The molecule has 25 heavy (non-hydrogen) atoms. The Hall–Kier alpha value is -1.92. The van der Waals surface area contributed by atoms with Crippen LogP contribution in [-0.2, 0) is 22.6 Å². The summed E-state index contributed by atoms with van der Waals surface area (Å²) in [5.41, 5.74) is 0. The van der Waals surface area contributed by atoms with Gasteiger partial charge in [0.1, 0.15) is 11.6 Å². The molecular formula is C18H25N5O2. The SMILES string of the molecule is O=C([C@H]1CC(=O)N(C2CC2)C1)N1CCC(c2nnc3n2CCC3)CC1. The van der Waals surface area contributed by atoms with Crippen molar-refractivity contribution in [2.45, 2.75) is 63.5 Å². The molecule has 0 aromatic carbocycles. The Kier molecular flexibility index (Phi) is 3.57. The molecule has 0 unspecified atom stereocenters. The van der Waals surface area contributed by atoms with Crippen molar-refractivity contribution in [3.8, 4) is 0 Å². The van der Waals surface area contributed by atoms with Crippen molar-refractivity contribution in [3.05, 3.63) is 11.6 Å². The molecule has 3 fully saturated rings. The van der Waals surface area contributed by atoms with E-state index in [4.69, 9.17) is 0 Å². The number of aromatic nitrogens is 3. The first kappa shape index (κ1) is 15.3. The van der Waals surface area contributed by atoms with E-state index in [1.54, 1.807) is 0 Å². The molecule has 1 saturated carbocycles. The zero-order chi connectivity index (χ0) is 17.0. The number of aryl methyl sites for hydroxylation is 1. The van der Waals surface area contributed by atoms with Gasteiger partial charge in [0.2, 0.25) is 11.8 Å². The molecule has 5 rings (SSSR count). The first-order valence-corrected chi connectivity index (χ1v) is 9.71. The van der Waals surface area contributed by atoms with Crippen molar-refractivity contribution < 1.29 is 9.59 Å². The molecule has 2 amide bonds. The zero-order valence-electron chi connectivity index (χ0n) is 14.6. The van der Waals surface area contributed by atoms with Crippen LogP contribution in [0.25, 0.3) is 0 Å². The van der Waals surface area contributed by atoms with Crippen LogP contribution in [0.5, 0.6) is 0 Å². The third-order valence-electron chi connectivity index (χ3n) is 6.31. The maximum absolute atomic E-state index is 12.8. The van der Waals surface area contributed by atoms with Crippen molar-refractivity contribution in [1.29, 1.82) is 0 Å². The molecule has 1 aliphatic carbocycles. The number of hydrogen-bond donors (Lipinski definition) is 0. The number of carbonyl (C=O) groups excluding carboxylic acids is 2. The summed E-state index contributed by atoms with van der Waals surface area (Å²) in [6.07, 6.45) is 6.75. The number of hydrogen-bond acceptors (Lipinski definition) is 4. The number of amides is 2. The normalized spacial score (nSPS) is 27.2. The fourth-order valence-corrected chi connectivity index (χ4v) is 4.73. The Labute approximate surface area is 147 Å². The quantitative estimate of drug-likeness (QED) is 0.819. The van der Waals surface area contributed by atoms with Crippen LogP contribution in [0.1, 0.15) is 56.1 Å². The minimum absolute atomic E-state index is 0.123. The average Bonchev–Trinajstić information content (AvgIpc) is 3.04. The minimum atomic E-state index is -0.123. The lowest BCUT2D eigenvalue weighted by Crippen LogP contribution is -2.42. The predicted molar refractivity (Wildman–Crippen MR) is 89.7 cm³/mol. The van der Waals surface area contributed by atoms with E-state index in [0.29, 0.717) is 24.9 Å². The van der Waals surface area contributed by atoms with E-state index in [9.17, 15) is 9.59 Å². The van der Waals surface area contributed by atoms with Crippen LogP contribution < -0.4 is 0 Å². The summed E-state index contributed by atoms with van der Waals surface area (Å²) in [5, 5.41) is 8.73. The smallest absolute Gasteiger partial charge is 0.227 e. The van der Waals surface area contributed by atoms with E-state index >= 15 is 0 Å². The maximum Gasteiger partial charge on any atom is 0.227 e. The Morgan fingerprint density at radius 3 is 2.60 bits per heavy atom. The van der Waals surface area contributed by atoms with Gasteiger partial charge in [-0.2, -0.15) is 0 Å². The van der Waals surface area contributed by atoms with Crippen LogP contribution in [-0.4, -0.2) is 62.1 Å². The molecule has 0 bridgehead atoms. The van der Waals surface area contributed by atoms with E-state index in [1.807, 2.05) is 9.80 Å². The number of fused-ring (bicyclic) bond motifs is 1. The van der Waals surface area contributed by atoms with Gasteiger partial charge >= 0.3 is 0 Å². The van der Waals surface area contributed by atoms with E-state index < -0.39 is 0 Å². The molecule has 4 heterocycles. The van der Waals surface area contributed by atoms with Crippen LogP contribution in [0, 0.1) is 5.92 Å². The number of nitrogens with zero attached hydrogens (tertiary/aromatic N) is 5. The van der Waals surface area contributed by atoms with Gasteiger partial charge in [0, 0.05) is 51.0 Å². The third-order valence-corrected chi connectivity index (χ3v) is 6.31. The summed E-state index contributed by atoms with van der Waals surface area (Å²) in [4.78, 5) is 28.9. The van der Waals surface area contributed by atoms with Crippen LogP contribution in [0.15, 0.2) is 0 Å². The molecule has 7 heteroatoms. The van der Waals surface area contributed by atoms with Crippen molar-refractivity contribution in [2.75, 3.05) is 19.6 Å². The third kappa shape index (κ3) is 2.64. The monoisotopic (exact) mass is 343 g/mol. The second-order valence-electron chi connectivity index (χ2n) is 8.01. The summed E-state index contributed by atoms with van der Waals surface area (Å²) < 4.78 is 2.28. The fraction of sp³-hybridized carbons (Fsp3) is 0.778.